The van der Waals surface area contributed by atoms with Crippen LogP contribution in [0.1, 0.15) is 355 Å². The van der Waals surface area contributed by atoms with Crippen LogP contribution >= 0.6 is 0 Å². The summed E-state index contributed by atoms with van der Waals surface area (Å²) >= 11 is 0. The Morgan fingerprint density at radius 2 is 0.468 bits per heavy atom. The molecule has 0 aromatic rings. The van der Waals surface area contributed by atoms with Crippen molar-refractivity contribution in [1.29, 1.82) is 0 Å². The Morgan fingerprint density at radius 3 is 0.727 bits per heavy atom. The van der Waals surface area contributed by atoms with E-state index in [2.05, 4.69) is 81.5 Å². The number of hydrogen-bond acceptors (Lipinski definition) is 6. The lowest BCUT2D eigenvalue weighted by molar-refractivity contribution is -0.167. The van der Waals surface area contributed by atoms with Crippen LogP contribution in [0.2, 0.25) is 0 Å². The van der Waals surface area contributed by atoms with E-state index in [1.165, 1.54) is 238 Å². The van der Waals surface area contributed by atoms with Gasteiger partial charge in [0.05, 0.1) is 0 Å². The minimum absolute atomic E-state index is 0.0727. The number of rotatable bonds is 62. The first-order valence-electron chi connectivity index (χ1n) is 33.8. The molecule has 0 N–H and O–H groups in total. The van der Waals surface area contributed by atoms with Crippen molar-refractivity contribution in [3.8, 4) is 0 Å². The summed E-state index contributed by atoms with van der Waals surface area (Å²) in [5.74, 6) is -0.860. The SMILES string of the molecule is CCCCCCC/C=C\C/C=C\C/C=C\CCCCCCCCCCCCCCC(=O)OCC(COC(=O)CCCCCCCCCCCCC)OC(=O)CCCCCCCCCCC/C=C\C/C=C\CCCCCCC. The lowest BCUT2D eigenvalue weighted by atomic mass is 10.0. The van der Waals surface area contributed by atoms with Crippen LogP contribution in [-0.4, -0.2) is 37.2 Å². The number of carbonyl (C=O) groups is 3. The van der Waals surface area contributed by atoms with Crippen LogP contribution in [0.3, 0.4) is 0 Å². The highest BCUT2D eigenvalue weighted by atomic mass is 16.6. The molecule has 1 unspecified atom stereocenters. The van der Waals surface area contributed by atoms with Gasteiger partial charge in [0.15, 0.2) is 6.10 Å². The first kappa shape index (κ1) is 74.1. The van der Waals surface area contributed by atoms with Gasteiger partial charge < -0.3 is 14.2 Å². The molecule has 448 valence electrons. The van der Waals surface area contributed by atoms with Gasteiger partial charge in [0.2, 0.25) is 0 Å². The average molecular weight is 1080 g/mol. The van der Waals surface area contributed by atoms with Crippen molar-refractivity contribution in [1.82, 2.24) is 0 Å². The molecule has 0 aliphatic heterocycles. The number of allylic oxidation sites excluding steroid dienone is 10. The molecule has 0 spiro atoms. The van der Waals surface area contributed by atoms with Crippen LogP contribution in [0.15, 0.2) is 60.8 Å². The zero-order valence-electron chi connectivity index (χ0n) is 51.5. The maximum absolute atomic E-state index is 12.9. The Labute approximate surface area is 479 Å². The normalized spacial score (nSPS) is 12.4. The van der Waals surface area contributed by atoms with E-state index in [1.54, 1.807) is 0 Å². The number of carbonyl (C=O) groups excluding carboxylic acids is 3. The number of esters is 3. The van der Waals surface area contributed by atoms with E-state index in [1.807, 2.05) is 0 Å². The van der Waals surface area contributed by atoms with Crippen molar-refractivity contribution < 1.29 is 28.6 Å². The van der Waals surface area contributed by atoms with Gasteiger partial charge in [-0.1, -0.05) is 306 Å². The van der Waals surface area contributed by atoms with E-state index in [9.17, 15) is 14.4 Å². The molecule has 0 saturated carbocycles. The number of unbranched alkanes of at least 4 members (excludes halogenated alkanes) is 41. The van der Waals surface area contributed by atoms with Crippen LogP contribution < -0.4 is 0 Å². The van der Waals surface area contributed by atoms with E-state index < -0.39 is 6.10 Å². The molecule has 0 heterocycles. The standard InChI is InChI=1S/C71H128O6/c1-4-7-10-13-16-19-22-24-26-28-30-32-33-34-35-36-37-39-40-42-44-46-49-52-55-58-61-64-70(73)76-67-68(66-75-69(72)63-60-57-54-51-48-21-18-15-12-9-6-3)77-71(74)65-62-59-56-53-50-47-45-43-41-38-31-29-27-25-23-20-17-14-11-8-5-2/h22-25,28-31,33-34,68H,4-21,26-27,32,35-67H2,1-3H3/b24-22-,25-23-,30-28-,31-29-,34-33-. The molecule has 77 heavy (non-hydrogen) atoms. The van der Waals surface area contributed by atoms with Crippen molar-refractivity contribution in [3.05, 3.63) is 60.8 Å². The van der Waals surface area contributed by atoms with Gasteiger partial charge in [0.1, 0.15) is 13.2 Å². The fourth-order valence-corrected chi connectivity index (χ4v) is 9.89. The molecule has 6 heteroatoms. The Morgan fingerprint density at radius 1 is 0.260 bits per heavy atom. The fraction of sp³-hybridized carbons (Fsp3) is 0.817. The molecule has 6 nitrogen and oxygen atoms in total. The molecule has 0 aliphatic rings. The first-order valence-corrected chi connectivity index (χ1v) is 33.8. The first-order chi connectivity index (χ1) is 38.0. The highest BCUT2D eigenvalue weighted by Gasteiger charge is 2.19. The quantitative estimate of drug-likeness (QED) is 0.0261. The van der Waals surface area contributed by atoms with Crippen LogP contribution in [0.4, 0.5) is 0 Å². The monoisotopic (exact) mass is 1080 g/mol. The summed E-state index contributed by atoms with van der Waals surface area (Å²) in [6.45, 7) is 6.65. The second-order valence-electron chi connectivity index (χ2n) is 22.7. The van der Waals surface area contributed by atoms with E-state index in [0.29, 0.717) is 19.3 Å². The number of hydrogen-bond donors (Lipinski definition) is 0. The minimum atomic E-state index is -0.776. The number of ether oxygens (including phenoxy) is 3. The molecular formula is C71H128O6. The molecule has 0 aromatic carbocycles. The summed E-state index contributed by atoms with van der Waals surface area (Å²) in [5, 5.41) is 0. The summed E-state index contributed by atoms with van der Waals surface area (Å²) in [6, 6.07) is 0. The van der Waals surface area contributed by atoms with Gasteiger partial charge in [-0.3, -0.25) is 14.4 Å². The predicted molar refractivity (Wildman–Crippen MR) is 335 cm³/mol. The zero-order valence-corrected chi connectivity index (χ0v) is 51.5. The largest absolute Gasteiger partial charge is 0.462 e. The average Bonchev–Trinajstić information content (AvgIpc) is 3.43. The smallest absolute Gasteiger partial charge is 0.306 e. The third kappa shape index (κ3) is 63.8. The van der Waals surface area contributed by atoms with Gasteiger partial charge in [0, 0.05) is 19.3 Å². The van der Waals surface area contributed by atoms with Crippen LogP contribution in [0.25, 0.3) is 0 Å². The lowest BCUT2D eigenvalue weighted by Gasteiger charge is -2.18. The third-order valence-electron chi connectivity index (χ3n) is 15.0. The van der Waals surface area contributed by atoms with Gasteiger partial charge >= 0.3 is 17.9 Å². The van der Waals surface area contributed by atoms with Crippen molar-refractivity contribution in [3.63, 3.8) is 0 Å². The van der Waals surface area contributed by atoms with Crippen molar-refractivity contribution in [2.45, 2.75) is 361 Å². The summed E-state index contributed by atoms with van der Waals surface area (Å²) < 4.78 is 16.9. The lowest BCUT2D eigenvalue weighted by Crippen LogP contribution is -2.30. The highest BCUT2D eigenvalue weighted by Crippen LogP contribution is 2.17. The van der Waals surface area contributed by atoms with Crippen LogP contribution in [0.5, 0.6) is 0 Å². The van der Waals surface area contributed by atoms with Gasteiger partial charge in [-0.15, -0.1) is 0 Å². The van der Waals surface area contributed by atoms with E-state index >= 15 is 0 Å². The van der Waals surface area contributed by atoms with Gasteiger partial charge in [-0.2, -0.15) is 0 Å². The summed E-state index contributed by atoms with van der Waals surface area (Å²) in [4.78, 5) is 38.3. The fourth-order valence-electron chi connectivity index (χ4n) is 9.89. The second-order valence-corrected chi connectivity index (χ2v) is 22.7. The highest BCUT2D eigenvalue weighted by molar-refractivity contribution is 5.71. The van der Waals surface area contributed by atoms with Gasteiger partial charge in [-0.05, 0) is 89.9 Å². The summed E-state index contributed by atoms with van der Waals surface area (Å²) in [7, 11) is 0. The van der Waals surface area contributed by atoms with Crippen molar-refractivity contribution >= 4 is 17.9 Å². The summed E-state index contributed by atoms with van der Waals surface area (Å²) in [5.41, 5.74) is 0. The zero-order chi connectivity index (χ0) is 55.7. The second kappa shape index (κ2) is 65.6. The van der Waals surface area contributed by atoms with Crippen molar-refractivity contribution in [2.75, 3.05) is 13.2 Å². The van der Waals surface area contributed by atoms with E-state index in [4.69, 9.17) is 14.2 Å². The van der Waals surface area contributed by atoms with Crippen LogP contribution in [0, 0.1) is 0 Å². The Bertz CT molecular complexity index is 1380. The summed E-state index contributed by atoms with van der Waals surface area (Å²) in [6.07, 6.45) is 83.8. The maximum Gasteiger partial charge on any atom is 0.306 e. The molecule has 0 amide bonds. The molecule has 0 radical (unpaired) electrons. The Hall–Kier alpha value is -2.89. The topological polar surface area (TPSA) is 78.9 Å². The molecule has 0 rings (SSSR count). The molecular weight excluding hydrogens is 949 g/mol. The van der Waals surface area contributed by atoms with Crippen molar-refractivity contribution in [2.24, 2.45) is 0 Å². The molecule has 0 aromatic heterocycles. The van der Waals surface area contributed by atoms with E-state index in [0.717, 1.165) is 77.0 Å². The predicted octanol–water partition coefficient (Wildman–Crippen LogP) is 23.1. The molecule has 0 saturated heterocycles. The minimum Gasteiger partial charge on any atom is -0.462 e. The third-order valence-corrected chi connectivity index (χ3v) is 15.0. The van der Waals surface area contributed by atoms with Crippen LogP contribution in [-0.2, 0) is 28.6 Å². The molecule has 0 aliphatic carbocycles. The molecule has 0 bridgehead atoms. The van der Waals surface area contributed by atoms with Gasteiger partial charge in [-0.25, -0.2) is 0 Å². The molecule has 1 atom stereocenters. The Kier molecular flexibility index (Phi) is 63.2. The maximum atomic E-state index is 12.9. The molecule has 0 fully saturated rings. The Balaban J connectivity index is 4.23. The van der Waals surface area contributed by atoms with Gasteiger partial charge in [0.25, 0.3) is 0 Å². The van der Waals surface area contributed by atoms with E-state index in [-0.39, 0.29) is 31.1 Å².